The number of nitrogens with zero attached hydrogens (tertiary/aromatic N) is 2. The second-order valence-corrected chi connectivity index (χ2v) is 7.02. The highest BCUT2D eigenvalue weighted by Crippen LogP contribution is 2.23. The maximum Gasteiger partial charge on any atom is 0.291 e. The lowest BCUT2D eigenvalue weighted by Crippen LogP contribution is -2.52. The maximum atomic E-state index is 12.7. The fraction of sp³-hybridized carbons (Fsp3) is 0.476. The zero-order valence-corrected chi connectivity index (χ0v) is 16.6. The number of piperidine rings is 1. The molecule has 2 amide bonds. The second-order valence-electron chi connectivity index (χ2n) is 7.02. The van der Waals surface area contributed by atoms with Crippen LogP contribution in [-0.4, -0.2) is 47.4 Å². The van der Waals surface area contributed by atoms with E-state index in [0.717, 1.165) is 6.42 Å². The van der Waals surface area contributed by atoms with E-state index < -0.39 is 0 Å². The van der Waals surface area contributed by atoms with Crippen LogP contribution in [-0.2, 0) is 0 Å². The SMILES string of the molecule is CCOc1cccc(C(=O)N[C@H]2CCN(C(=O)c3ocnc3C)C[C@H]2CC)c1. The molecule has 1 aliphatic rings. The number of hydrogen-bond donors (Lipinski definition) is 1. The van der Waals surface area contributed by atoms with Crippen LogP contribution in [0, 0.1) is 12.8 Å². The summed E-state index contributed by atoms with van der Waals surface area (Å²) in [6.07, 6.45) is 2.86. The molecule has 2 heterocycles. The molecule has 0 aliphatic carbocycles. The van der Waals surface area contributed by atoms with Crippen LogP contribution in [0.2, 0.25) is 0 Å². The van der Waals surface area contributed by atoms with E-state index in [1.807, 2.05) is 19.1 Å². The Kier molecular flexibility index (Phi) is 6.34. The molecular formula is C21H27N3O4. The Morgan fingerprint density at radius 3 is 2.86 bits per heavy atom. The minimum atomic E-state index is -0.136. The van der Waals surface area contributed by atoms with E-state index in [9.17, 15) is 9.59 Å². The predicted molar refractivity (Wildman–Crippen MR) is 104 cm³/mol. The van der Waals surface area contributed by atoms with Crippen LogP contribution < -0.4 is 10.1 Å². The molecule has 1 aliphatic heterocycles. The maximum absolute atomic E-state index is 12.7. The van der Waals surface area contributed by atoms with Gasteiger partial charge in [-0.15, -0.1) is 0 Å². The number of hydrogen-bond acceptors (Lipinski definition) is 5. The lowest BCUT2D eigenvalue weighted by atomic mass is 9.89. The molecule has 0 spiro atoms. The molecule has 1 N–H and O–H groups in total. The number of carbonyl (C=O) groups is 2. The van der Waals surface area contributed by atoms with Crippen molar-refractivity contribution in [2.45, 2.75) is 39.7 Å². The number of oxazole rings is 1. The van der Waals surface area contributed by atoms with Gasteiger partial charge in [0, 0.05) is 24.7 Å². The quantitative estimate of drug-likeness (QED) is 0.826. The summed E-state index contributed by atoms with van der Waals surface area (Å²) in [4.78, 5) is 31.2. The molecule has 1 fully saturated rings. The molecule has 2 aromatic rings. The smallest absolute Gasteiger partial charge is 0.291 e. The van der Waals surface area contributed by atoms with Crippen molar-refractivity contribution in [3.63, 3.8) is 0 Å². The average Bonchev–Trinajstić information content (AvgIpc) is 3.14. The zero-order chi connectivity index (χ0) is 20.1. The summed E-state index contributed by atoms with van der Waals surface area (Å²) in [6.45, 7) is 7.46. The van der Waals surface area contributed by atoms with Gasteiger partial charge in [0.2, 0.25) is 5.76 Å². The molecule has 1 aromatic heterocycles. The molecule has 0 bridgehead atoms. The standard InChI is InChI=1S/C21H27N3O4/c1-4-15-12-24(21(26)19-14(3)22-13-28-19)10-9-18(15)23-20(25)16-7-6-8-17(11-16)27-5-2/h6-8,11,13,15,18H,4-5,9-10,12H2,1-3H3,(H,23,25)/t15-,18+/m1/s1. The summed E-state index contributed by atoms with van der Waals surface area (Å²) < 4.78 is 10.7. The first-order valence-electron chi connectivity index (χ1n) is 9.76. The van der Waals surface area contributed by atoms with E-state index in [0.29, 0.717) is 48.9 Å². The second kappa shape index (κ2) is 8.91. The first kappa shape index (κ1) is 19.9. The van der Waals surface area contributed by atoms with E-state index in [-0.39, 0.29) is 23.8 Å². The van der Waals surface area contributed by atoms with Crippen molar-refractivity contribution in [3.8, 4) is 5.75 Å². The first-order valence-corrected chi connectivity index (χ1v) is 9.76. The molecular weight excluding hydrogens is 358 g/mol. The van der Waals surface area contributed by atoms with Gasteiger partial charge in [0.05, 0.1) is 12.3 Å². The van der Waals surface area contributed by atoms with Gasteiger partial charge in [0.1, 0.15) is 5.75 Å². The third-order valence-electron chi connectivity index (χ3n) is 5.21. The van der Waals surface area contributed by atoms with Crippen LogP contribution in [0.15, 0.2) is 35.1 Å². The fourth-order valence-corrected chi connectivity index (χ4v) is 3.62. The van der Waals surface area contributed by atoms with Crippen molar-refractivity contribution in [2.75, 3.05) is 19.7 Å². The Labute approximate surface area is 165 Å². The van der Waals surface area contributed by atoms with Crippen LogP contribution in [0.5, 0.6) is 5.75 Å². The van der Waals surface area contributed by atoms with Gasteiger partial charge in [0.25, 0.3) is 11.8 Å². The van der Waals surface area contributed by atoms with Crippen molar-refractivity contribution < 1.29 is 18.7 Å². The van der Waals surface area contributed by atoms with E-state index in [4.69, 9.17) is 9.15 Å². The molecule has 3 rings (SSSR count). The van der Waals surface area contributed by atoms with Gasteiger partial charge in [0.15, 0.2) is 6.39 Å². The summed E-state index contributed by atoms with van der Waals surface area (Å²) in [6, 6.07) is 7.21. The molecule has 150 valence electrons. The average molecular weight is 385 g/mol. The number of carbonyl (C=O) groups excluding carboxylic acids is 2. The summed E-state index contributed by atoms with van der Waals surface area (Å²) >= 11 is 0. The molecule has 28 heavy (non-hydrogen) atoms. The van der Waals surface area contributed by atoms with Crippen LogP contribution in [0.25, 0.3) is 0 Å². The van der Waals surface area contributed by atoms with E-state index in [1.54, 1.807) is 24.0 Å². The summed E-state index contributed by atoms with van der Waals surface area (Å²) in [5, 5.41) is 3.14. The lowest BCUT2D eigenvalue weighted by molar-refractivity contribution is 0.0584. The Hall–Kier alpha value is -2.83. The number of likely N-dealkylation sites (tertiary alicyclic amines) is 1. The third kappa shape index (κ3) is 4.35. The highest BCUT2D eigenvalue weighted by atomic mass is 16.5. The van der Waals surface area contributed by atoms with E-state index >= 15 is 0 Å². The molecule has 0 radical (unpaired) electrons. The Bertz CT molecular complexity index is 833. The summed E-state index contributed by atoms with van der Waals surface area (Å²) in [5.74, 6) is 0.911. The number of rotatable bonds is 6. The molecule has 2 atom stereocenters. The number of aryl methyl sites for hydroxylation is 1. The third-order valence-corrected chi connectivity index (χ3v) is 5.21. The van der Waals surface area contributed by atoms with Gasteiger partial charge < -0.3 is 19.4 Å². The number of ether oxygens (including phenoxy) is 1. The van der Waals surface area contributed by atoms with Gasteiger partial charge in [-0.3, -0.25) is 9.59 Å². The van der Waals surface area contributed by atoms with E-state index in [2.05, 4.69) is 17.2 Å². The largest absolute Gasteiger partial charge is 0.494 e. The van der Waals surface area contributed by atoms with Gasteiger partial charge in [-0.1, -0.05) is 13.0 Å². The van der Waals surface area contributed by atoms with Crippen molar-refractivity contribution >= 4 is 11.8 Å². The molecule has 0 saturated carbocycles. The normalized spacial score (nSPS) is 19.3. The van der Waals surface area contributed by atoms with E-state index in [1.165, 1.54) is 6.39 Å². The molecule has 7 heteroatoms. The fourth-order valence-electron chi connectivity index (χ4n) is 3.62. The minimum absolute atomic E-state index is 0.0214. The molecule has 1 saturated heterocycles. The first-order chi connectivity index (χ1) is 13.5. The number of nitrogens with one attached hydrogen (secondary N) is 1. The Balaban J connectivity index is 1.64. The van der Waals surface area contributed by atoms with Crippen molar-refractivity contribution in [3.05, 3.63) is 47.7 Å². The highest BCUT2D eigenvalue weighted by Gasteiger charge is 2.33. The number of benzene rings is 1. The number of amides is 2. The molecule has 1 aromatic carbocycles. The zero-order valence-electron chi connectivity index (χ0n) is 16.6. The Morgan fingerprint density at radius 2 is 2.18 bits per heavy atom. The number of aromatic nitrogens is 1. The van der Waals surface area contributed by atoms with Crippen LogP contribution >= 0.6 is 0 Å². The topological polar surface area (TPSA) is 84.7 Å². The lowest BCUT2D eigenvalue weighted by Gasteiger charge is -2.38. The molecule has 7 nitrogen and oxygen atoms in total. The van der Waals surface area contributed by atoms with Crippen molar-refractivity contribution in [2.24, 2.45) is 5.92 Å². The predicted octanol–water partition coefficient (Wildman–Crippen LogP) is 3.05. The molecule has 0 unspecified atom stereocenters. The van der Waals surface area contributed by atoms with Crippen LogP contribution in [0.1, 0.15) is 53.3 Å². The Morgan fingerprint density at radius 1 is 1.36 bits per heavy atom. The van der Waals surface area contributed by atoms with Crippen molar-refractivity contribution in [1.29, 1.82) is 0 Å². The summed E-state index contributed by atoms with van der Waals surface area (Å²) in [5.41, 5.74) is 1.18. The minimum Gasteiger partial charge on any atom is -0.494 e. The summed E-state index contributed by atoms with van der Waals surface area (Å²) in [7, 11) is 0. The van der Waals surface area contributed by atoms with Gasteiger partial charge in [-0.05, 0) is 50.8 Å². The highest BCUT2D eigenvalue weighted by molar-refractivity contribution is 5.95. The van der Waals surface area contributed by atoms with Crippen molar-refractivity contribution in [1.82, 2.24) is 15.2 Å². The van der Waals surface area contributed by atoms with Crippen LogP contribution in [0.4, 0.5) is 0 Å². The van der Waals surface area contributed by atoms with Gasteiger partial charge in [-0.25, -0.2) is 4.98 Å². The van der Waals surface area contributed by atoms with Gasteiger partial charge >= 0.3 is 0 Å². The van der Waals surface area contributed by atoms with Gasteiger partial charge in [-0.2, -0.15) is 0 Å². The van der Waals surface area contributed by atoms with Crippen LogP contribution in [0.3, 0.4) is 0 Å². The monoisotopic (exact) mass is 385 g/mol.